The number of ether oxygens (including phenoxy) is 1. The number of methoxy groups -OCH3 is 1. The number of urea groups is 1. The van der Waals surface area contributed by atoms with Gasteiger partial charge in [-0.05, 0) is 69.4 Å². The maximum absolute atomic E-state index is 12.1. The van der Waals surface area contributed by atoms with Crippen LogP contribution in [0, 0.1) is 12.8 Å². The van der Waals surface area contributed by atoms with Gasteiger partial charge in [0.2, 0.25) is 0 Å². The highest BCUT2D eigenvalue weighted by molar-refractivity contribution is 9.10. The first-order valence-electron chi connectivity index (χ1n) is 8.61. The highest BCUT2D eigenvalue weighted by atomic mass is 79.9. The Morgan fingerprint density at radius 2 is 2.08 bits per heavy atom. The number of amides is 2. The van der Waals surface area contributed by atoms with Crippen LogP contribution in [0.15, 0.2) is 16.6 Å². The summed E-state index contributed by atoms with van der Waals surface area (Å²) in [6.45, 7) is 8.36. The van der Waals surface area contributed by atoms with E-state index in [0.29, 0.717) is 18.0 Å². The van der Waals surface area contributed by atoms with Gasteiger partial charge >= 0.3 is 6.03 Å². The topological polar surface area (TPSA) is 53.6 Å². The second kappa shape index (κ2) is 9.28. The summed E-state index contributed by atoms with van der Waals surface area (Å²) < 4.78 is 6.27. The SMILES string of the molecule is COc1cc(Br)cc(C)c1NC(=O)NCCCN1CCC(C)CC1. The molecule has 2 amide bonds. The number of rotatable bonds is 6. The summed E-state index contributed by atoms with van der Waals surface area (Å²) >= 11 is 3.43. The van der Waals surface area contributed by atoms with Gasteiger partial charge in [0, 0.05) is 11.0 Å². The van der Waals surface area contributed by atoms with E-state index in [2.05, 4.69) is 38.4 Å². The molecule has 2 rings (SSSR count). The number of aryl methyl sites for hydroxylation is 1. The predicted octanol–water partition coefficient (Wildman–Crippen LogP) is 4.01. The normalized spacial score (nSPS) is 16.0. The van der Waals surface area contributed by atoms with Crippen molar-refractivity contribution in [3.63, 3.8) is 0 Å². The van der Waals surface area contributed by atoms with Crippen LogP contribution in [-0.4, -0.2) is 44.2 Å². The van der Waals surface area contributed by atoms with Crippen molar-refractivity contribution in [3.05, 3.63) is 22.2 Å². The molecule has 0 saturated carbocycles. The molecular weight excluding hydrogens is 370 g/mol. The summed E-state index contributed by atoms with van der Waals surface area (Å²) in [6, 6.07) is 3.61. The third-order valence-corrected chi connectivity index (χ3v) is 4.99. The molecule has 0 unspecified atom stereocenters. The number of anilines is 1. The molecule has 5 nitrogen and oxygen atoms in total. The molecule has 1 aromatic carbocycles. The highest BCUT2D eigenvalue weighted by Gasteiger charge is 2.15. The molecule has 0 radical (unpaired) electrons. The number of carbonyl (C=O) groups is 1. The minimum Gasteiger partial charge on any atom is -0.495 e. The molecule has 1 aliphatic heterocycles. The molecule has 24 heavy (non-hydrogen) atoms. The Balaban J connectivity index is 1.74. The van der Waals surface area contributed by atoms with Gasteiger partial charge in [0.1, 0.15) is 5.75 Å². The number of halogens is 1. The molecule has 1 saturated heterocycles. The van der Waals surface area contributed by atoms with Crippen LogP contribution in [0.1, 0.15) is 31.7 Å². The number of hydrogen-bond donors (Lipinski definition) is 2. The fourth-order valence-corrected chi connectivity index (χ4v) is 3.53. The smallest absolute Gasteiger partial charge is 0.319 e. The van der Waals surface area contributed by atoms with Gasteiger partial charge in [0.15, 0.2) is 0 Å². The minimum absolute atomic E-state index is 0.189. The lowest BCUT2D eigenvalue weighted by molar-refractivity contribution is 0.190. The van der Waals surface area contributed by atoms with Crippen molar-refractivity contribution in [1.29, 1.82) is 0 Å². The number of nitrogens with zero attached hydrogens (tertiary/aromatic N) is 1. The fraction of sp³-hybridized carbons (Fsp3) is 0.611. The van der Waals surface area contributed by atoms with Gasteiger partial charge < -0.3 is 20.3 Å². The predicted molar refractivity (Wildman–Crippen MR) is 102 cm³/mol. The van der Waals surface area contributed by atoms with E-state index >= 15 is 0 Å². The van der Waals surface area contributed by atoms with Crippen LogP contribution >= 0.6 is 15.9 Å². The van der Waals surface area contributed by atoms with Gasteiger partial charge in [-0.3, -0.25) is 0 Å². The zero-order valence-corrected chi connectivity index (χ0v) is 16.4. The molecule has 134 valence electrons. The fourth-order valence-electron chi connectivity index (χ4n) is 2.98. The van der Waals surface area contributed by atoms with Crippen molar-refractivity contribution in [2.24, 2.45) is 5.92 Å². The van der Waals surface area contributed by atoms with E-state index < -0.39 is 0 Å². The van der Waals surface area contributed by atoms with Crippen molar-refractivity contribution in [2.45, 2.75) is 33.1 Å². The van der Waals surface area contributed by atoms with Crippen LogP contribution in [0.25, 0.3) is 0 Å². The van der Waals surface area contributed by atoms with E-state index in [4.69, 9.17) is 4.74 Å². The summed E-state index contributed by atoms with van der Waals surface area (Å²) in [5.41, 5.74) is 1.67. The largest absolute Gasteiger partial charge is 0.495 e. The van der Waals surface area contributed by atoms with E-state index in [1.165, 1.54) is 25.9 Å². The minimum atomic E-state index is -0.189. The van der Waals surface area contributed by atoms with Crippen molar-refractivity contribution in [2.75, 3.05) is 38.6 Å². The standard InChI is InChI=1S/C18H28BrN3O2/c1-13-5-9-22(10-6-13)8-4-7-20-18(23)21-17-14(2)11-15(19)12-16(17)24-3/h11-13H,4-10H2,1-3H3,(H2,20,21,23). The van der Waals surface area contributed by atoms with Crippen LogP contribution < -0.4 is 15.4 Å². The Labute approximate surface area is 153 Å². The second-order valence-corrected chi connectivity index (χ2v) is 7.47. The molecule has 0 spiro atoms. The molecule has 1 heterocycles. The second-order valence-electron chi connectivity index (χ2n) is 6.56. The van der Waals surface area contributed by atoms with Crippen LogP contribution in [-0.2, 0) is 0 Å². The monoisotopic (exact) mass is 397 g/mol. The van der Waals surface area contributed by atoms with Crippen LogP contribution in [0.2, 0.25) is 0 Å². The molecule has 0 bridgehead atoms. The van der Waals surface area contributed by atoms with Crippen LogP contribution in [0.5, 0.6) is 5.75 Å². The van der Waals surface area contributed by atoms with Crippen molar-refractivity contribution in [3.8, 4) is 5.75 Å². The Morgan fingerprint density at radius 1 is 1.38 bits per heavy atom. The lowest BCUT2D eigenvalue weighted by Gasteiger charge is -2.30. The lowest BCUT2D eigenvalue weighted by atomic mass is 9.99. The average molecular weight is 398 g/mol. The van der Waals surface area contributed by atoms with Gasteiger partial charge in [-0.2, -0.15) is 0 Å². The number of nitrogens with one attached hydrogen (secondary N) is 2. The Kier molecular flexibility index (Phi) is 7.37. The summed E-state index contributed by atoms with van der Waals surface area (Å²) in [7, 11) is 1.60. The van der Waals surface area contributed by atoms with Gasteiger partial charge in [-0.15, -0.1) is 0 Å². The van der Waals surface area contributed by atoms with Crippen LogP contribution in [0.3, 0.4) is 0 Å². The van der Waals surface area contributed by atoms with Crippen molar-refractivity contribution < 1.29 is 9.53 Å². The van der Waals surface area contributed by atoms with E-state index in [0.717, 1.165) is 28.9 Å². The summed E-state index contributed by atoms with van der Waals surface area (Å²) in [4.78, 5) is 14.6. The molecule has 1 aromatic rings. The first kappa shape index (κ1) is 19.1. The first-order chi connectivity index (χ1) is 11.5. The zero-order valence-electron chi connectivity index (χ0n) is 14.8. The number of benzene rings is 1. The molecule has 1 aliphatic rings. The molecule has 2 N–H and O–H groups in total. The molecule has 0 aliphatic carbocycles. The summed E-state index contributed by atoms with van der Waals surface area (Å²) in [5.74, 6) is 1.51. The maximum atomic E-state index is 12.1. The highest BCUT2D eigenvalue weighted by Crippen LogP contribution is 2.31. The zero-order chi connectivity index (χ0) is 17.5. The van der Waals surface area contributed by atoms with Gasteiger partial charge in [-0.25, -0.2) is 4.79 Å². The lowest BCUT2D eigenvalue weighted by Crippen LogP contribution is -2.36. The van der Waals surface area contributed by atoms with Gasteiger partial charge in [0.25, 0.3) is 0 Å². The van der Waals surface area contributed by atoms with Crippen LogP contribution in [0.4, 0.5) is 10.5 Å². The molecule has 0 atom stereocenters. The molecule has 6 heteroatoms. The number of carbonyl (C=O) groups excluding carboxylic acids is 1. The molecule has 1 fully saturated rings. The van der Waals surface area contributed by atoms with E-state index in [9.17, 15) is 4.79 Å². The number of likely N-dealkylation sites (tertiary alicyclic amines) is 1. The van der Waals surface area contributed by atoms with E-state index in [-0.39, 0.29) is 6.03 Å². The third-order valence-electron chi connectivity index (χ3n) is 4.54. The quantitative estimate of drug-likeness (QED) is 0.712. The van der Waals surface area contributed by atoms with Gasteiger partial charge in [-0.1, -0.05) is 22.9 Å². The number of piperidine rings is 1. The number of hydrogen-bond acceptors (Lipinski definition) is 3. The first-order valence-corrected chi connectivity index (χ1v) is 9.40. The third kappa shape index (κ3) is 5.67. The molecular formula is C18H28BrN3O2. The van der Waals surface area contributed by atoms with Gasteiger partial charge in [0.05, 0.1) is 12.8 Å². The van der Waals surface area contributed by atoms with Crippen molar-refractivity contribution >= 4 is 27.6 Å². The summed E-state index contributed by atoms with van der Waals surface area (Å²) in [5, 5.41) is 5.82. The summed E-state index contributed by atoms with van der Waals surface area (Å²) in [6.07, 6.45) is 3.55. The molecule has 0 aromatic heterocycles. The van der Waals surface area contributed by atoms with E-state index in [1.807, 2.05) is 19.1 Å². The Morgan fingerprint density at radius 3 is 2.75 bits per heavy atom. The van der Waals surface area contributed by atoms with E-state index in [1.54, 1.807) is 7.11 Å². The average Bonchev–Trinajstić information content (AvgIpc) is 2.55. The Bertz CT molecular complexity index is 557. The Hall–Kier alpha value is -1.27. The van der Waals surface area contributed by atoms with Crippen molar-refractivity contribution in [1.82, 2.24) is 10.2 Å². The maximum Gasteiger partial charge on any atom is 0.319 e.